The summed E-state index contributed by atoms with van der Waals surface area (Å²) in [5, 5.41) is 0. The minimum atomic E-state index is -2.92. The van der Waals surface area contributed by atoms with Gasteiger partial charge in [0, 0.05) is 18.1 Å². The molecule has 0 N–H and O–H groups in total. The first-order chi connectivity index (χ1) is 12.9. The molecule has 0 atom stereocenters. The van der Waals surface area contributed by atoms with Gasteiger partial charge in [-0.2, -0.15) is 8.78 Å². The molecule has 0 heterocycles. The van der Waals surface area contributed by atoms with Crippen LogP contribution in [0, 0.1) is 0 Å². The summed E-state index contributed by atoms with van der Waals surface area (Å²) in [5.41, 5.74) is 1.33. The molecule has 1 aliphatic carbocycles. The van der Waals surface area contributed by atoms with E-state index in [1.165, 1.54) is 13.2 Å². The van der Waals surface area contributed by atoms with Crippen molar-refractivity contribution >= 4 is 21.8 Å². The van der Waals surface area contributed by atoms with E-state index in [1.807, 2.05) is 24.3 Å². The highest BCUT2D eigenvalue weighted by Gasteiger charge is 2.52. The molecular formula is C20H20BrF2NO3. The van der Waals surface area contributed by atoms with Gasteiger partial charge in [-0.15, -0.1) is 0 Å². The number of methoxy groups -OCH3 is 1. The molecule has 1 amide bonds. The first-order valence-corrected chi connectivity index (χ1v) is 9.28. The molecule has 0 bridgehead atoms. The standard InChI is InChI=1S/C20H20BrF2NO3/c1-24(12-13-3-8-16(27-19(22)23)17(11-13)26-2)18(25)20(9-10-20)14-4-6-15(21)7-5-14/h3-8,11,19H,9-10,12H2,1-2H3. The van der Waals surface area contributed by atoms with Gasteiger partial charge >= 0.3 is 6.61 Å². The Hall–Kier alpha value is -2.15. The third kappa shape index (κ3) is 4.24. The van der Waals surface area contributed by atoms with Crippen molar-refractivity contribution in [2.75, 3.05) is 14.2 Å². The van der Waals surface area contributed by atoms with Crippen LogP contribution in [0.15, 0.2) is 46.9 Å². The number of likely N-dealkylation sites (N-methyl/N-ethyl adjacent to an activating group) is 1. The number of carbonyl (C=O) groups is 1. The lowest BCUT2D eigenvalue weighted by Gasteiger charge is -2.24. The molecule has 0 radical (unpaired) electrons. The summed E-state index contributed by atoms with van der Waals surface area (Å²) in [7, 11) is 3.14. The Morgan fingerprint density at radius 2 is 1.85 bits per heavy atom. The summed E-state index contributed by atoms with van der Waals surface area (Å²) in [6, 6.07) is 12.5. The molecule has 0 aliphatic heterocycles. The summed E-state index contributed by atoms with van der Waals surface area (Å²) in [6.07, 6.45) is 1.64. The monoisotopic (exact) mass is 439 g/mol. The predicted molar refractivity (Wildman–Crippen MR) is 101 cm³/mol. The summed E-state index contributed by atoms with van der Waals surface area (Å²) in [5.74, 6) is 0.234. The Labute approximate surface area is 165 Å². The fourth-order valence-electron chi connectivity index (χ4n) is 3.23. The number of nitrogens with zero attached hydrogens (tertiary/aromatic N) is 1. The minimum absolute atomic E-state index is 0.0289. The highest BCUT2D eigenvalue weighted by molar-refractivity contribution is 9.10. The molecule has 3 rings (SSSR count). The van der Waals surface area contributed by atoms with E-state index in [2.05, 4.69) is 20.7 Å². The van der Waals surface area contributed by atoms with Gasteiger partial charge in [-0.25, -0.2) is 0 Å². The smallest absolute Gasteiger partial charge is 0.387 e. The van der Waals surface area contributed by atoms with Gasteiger partial charge in [0.2, 0.25) is 5.91 Å². The van der Waals surface area contributed by atoms with Crippen LogP contribution in [-0.2, 0) is 16.8 Å². The Morgan fingerprint density at radius 3 is 2.41 bits per heavy atom. The maximum Gasteiger partial charge on any atom is 0.387 e. The Kier molecular flexibility index (Phi) is 5.69. The highest BCUT2D eigenvalue weighted by atomic mass is 79.9. The van der Waals surface area contributed by atoms with Crippen LogP contribution in [0.2, 0.25) is 0 Å². The largest absolute Gasteiger partial charge is 0.493 e. The summed E-state index contributed by atoms with van der Waals surface area (Å²) in [6.45, 7) is -2.57. The number of alkyl halides is 2. The number of carbonyl (C=O) groups excluding carboxylic acids is 1. The third-order valence-electron chi connectivity index (χ3n) is 4.77. The van der Waals surface area contributed by atoms with Gasteiger partial charge in [-0.3, -0.25) is 4.79 Å². The zero-order valence-corrected chi connectivity index (χ0v) is 16.6. The lowest BCUT2D eigenvalue weighted by Crippen LogP contribution is -2.36. The summed E-state index contributed by atoms with van der Waals surface area (Å²) in [4.78, 5) is 14.7. The highest BCUT2D eigenvalue weighted by Crippen LogP contribution is 2.49. The normalized spacial score (nSPS) is 14.7. The van der Waals surface area contributed by atoms with Crippen LogP contribution < -0.4 is 9.47 Å². The number of rotatable bonds is 7. The predicted octanol–water partition coefficient (Wildman–Crippen LogP) is 4.75. The first-order valence-electron chi connectivity index (χ1n) is 8.49. The molecule has 0 unspecified atom stereocenters. The average Bonchev–Trinajstić information content (AvgIpc) is 3.44. The van der Waals surface area contributed by atoms with Crippen molar-refractivity contribution in [1.82, 2.24) is 4.90 Å². The Balaban J connectivity index is 1.74. The molecule has 144 valence electrons. The van der Waals surface area contributed by atoms with E-state index >= 15 is 0 Å². The quantitative estimate of drug-likeness (QED) is 0.624. The van der Waals surface area contributed by atoms with E-state index in [0.29, 0.717) is 6.54 Å². The van der Waals surface area contributed by atoms with Crippen LogP contribution in [0.4, 0.5) is 8.78 Å². The number of amides is 1. The second-order valence-corrected chi connectivity index (χ2v) is 7.53. The third-order valence-corrected chi connectivity index (χ3v) is 5.30. The van der Waals surface area contributed by atoms with Gasteiger partial charge < -0.3 is 14.4 Å². The van der Waals surface area contributed by atoms with Crippen LogP contribution >= 0.6 is 15.9 Å². The van der Waals surface area contributed by atoms with Gasteiger partial charge in [-0.05, 0) is 48.2 Å². The van der Waals surface area contributed by atoms with Crippen molar-refractivity contribution in [3.63, 3.8) is 0 Å². The van der Waals surface area contributed by atoms with Crippen LogP contribution in [0.25, 0.3) is 0 Å². The van der Waals surface area contributed by atoms with E-state index in [-0.39, 0.29) is 17.4 Å². The molecule has 0 saturated heterocycles. The average molecular weight is 440 g/mol. The summed E-state index contributed by atoms with van der Waals surface area (Å²) < 4.78 is 35.4. The van der Waals surface area contributed by atoms with Gasteiger partial charge in [0.15, 0.2) is 11.5 Å². The van der Waals surface area contributed by atoms with Crippen molar-refractivity contribution in [2.45, 2.75) is 31.4 Å². The van der Waals surface area contributed by atoms with Crippen molar-refractivity contribution < 1.29 is 23.0 Å². The molecule has 2 aromatic carbocycles. The van der Waals surface area contributed by atoms with Crippen LogP contribution in [0.5, 0.6) is 11.5 Å². The molecule has 7 heteroatoms. The molecule has 1 fully saturated rings. The van der Waals surface area contributed by atoms with Gasteiger partial charge in [-0.1, -0.05) is 34.1 Å². The fraction of sp³-hybridized carbons (Fsp3) is 0.350. The molecule has 0 aromatic heterocycles. The van der Waals surface area contributed by atoms with Crippen LogP contribution in [-0.4, -0.2) is 31.6 Å². The van der Waals surface area contributed by atoms with Crippen LogP contribution in [0.3, 0.4) is 0 Å². The van der Waals surface area contributed by atoms with Gasteiger partial charge in [0.05, 0.1) is 12.5 Å². The number of hydrogen-bond acceptors (Lipinski definition) is 3. The zero-order chi connectivity index (χ0) is 19.6. The lowest BCUT2D eigenvalue weighted by atomic mass is 9.94. The topological polar surface area (TPSA) is 38.8 Å². The van der Waals surface area contributed by atoms with Crippen molar-refractivity contribution in [3.05, 3.63) is 58.1 Å². The molecule has 4 nitrogen and oxygen atoms in total. The van der Waals surface area contributed by atoms with E-state index in [9.17, 15) is 13.6 Å². The lowest BCUT2D eigenvalue weighted by molar-refractivity contribution is -0.133. The second-order valence-electron chi connectivity index (χ2n) is 6.61. The van der Waals surface area contributed by atoms with Gasteiger partial charge in [0.1, 0.15) is 0 Å². The Morgan fingerprint density at radius 1 is 1.19 bits per heavy atom. The molecule has 2 aromatic rings. The maximum atomic E-state index is 13.0. The van der Waals surface area contributed by atoms with Crippen molar-refractivity contribution in [1.29, 1.82) is 0 Å². The van der Waals surface area contributed by atoms with Crippen molar-refractivity contribution in [3.8, 4) is 11.5 Å². The number of ether oxygens (including phenoxy) is 2. The van der Waals surface area contributed by atoms with E-state index in [0.717, 1.165) is 28.4 Å². The molecule has 27 heavy (non-hydrogen) atoms. The first kappa shape index (κ1) is 19.6. The SMILES string of the molecule is COc1cc(CN(C)C(=O)C2(c3ccc(Br)cc3)CC2)ccc1OC(F)F. The van der Waals surface area contributed by atoms with E-state index in [4.69, 9.17) is 4.74 Å². The molecule has 0 spiro atoms. The van der Waals surface area contributed by atoms with Crippen LogP contribution in [0.1, 0.15) is 24.0 Å². The number of benzene rings is 2. The Bertz CT molecular complexity index is 822. The van der Waals surface area contributed by atoms with E-state index in [1.54, 1.807) is 24.1 Å². The van der Waals surface area contributed by atoms with Gasteiger partial charge in [0.25, 0.3) is 0 Å². The molecule has 1 saturated carbocycles. The zero-order valence-electron chi connectivity index (χ0n) is 15.0. The summed E-state index contributed by atoms with van der Waals surface area (Å²) >= 11 is 3.41. The molecule has 1 aliphatic rings. The minimum Gasteiger partial charge on any atom is -0.493 e. The number of hydrogen-bond donors (Lipinski definition) is 0. The molecular weight excluding hydrogens is 420 g/mol. The fourth-order valence-corrected chi connectivity index (χ4v) is 3.50. The second kappa shape index (κ2) is 7.84. The van der Waals surface area contributed by atoms with E-state index < -0.39 is 12.0 Å². The maximum absolute atomic E-state index is 13.0. The van der Waals surface area contributed by atoms with Crippen molar-refractivity contribution in [2.24, 2.45) is 0 Å². The number of halogens is 3.